The molecule has 0 amide bonds. The Hall–Kier alpha value is -3.98. The van der Waals surface area contributed by atoms with Crippen molar-refractivity contribution in [2.45, 2.75) is 103 Å². The second-order valence-electron chi connectivity index (χ2n) is 14.2. The zero-order valence-electron chi connectivity index (χ0n) is 28.8. The van der Waals surface area contributed by atoms with Gasteiger partial charge in [-0.3, -0.25) is 0 Å². The zero-order chi connectivity index (χ0) is 32.5. The van der Waals surface area contributed by atoms with Gasteiger partial charge in [0, 0.05) is 40.0 Å². The van der Waals surface area contributed by atoms with Crippen LogP contribution in [0.4, 0.5) is 0 Å². The van der Waals surface area contributed by atoms with E-state index in [9.17, 15) is 0 Å². The van der Waals surface area contributed by atoms with Crippen molar-refractivity contribution in [3.63, 3.8) is 0 Å². The van der Waals surface area contributed by atoms with Crippen LogP contribution in [0.15, 0.2) is 91.0 Å². The minimum Gasteiger partial charge on any atom is -0.496 e. The van der Waals surface area contributed by atoms with Gasteiger partial charge in [0.25, 0.3) is 0 Å². The molecule has 4 aromatic rings. The molecule has 2 aliphatic heterocycles. The molecule has 0 saturated carbocycles. The highest BCUT2D eigenvalue weighted by molar-refractivity contribution is 5.76. The molecule has 0 fully saturated rings. The molecule has 3 heteroatoms. The van der Waals surface area contributed by atoms with Gasteiger partial charge >= 0.3 is 0 Å². The first-order valence-electron chi connectivity index (χ1n) is 18.0. The number of para-hydroxylation sites is 2. The van der Waals surface area contributed by atoms with Crippen LogP contribution in [0.3, 0.4) is 0 Å². The molecule has 3 nitrogen and oxygen atoms in total. The average molecular weight is 627 g/mol. The largest absolute Gasteiger partial charge is 0.496 e. The molecule has 4 aromatic carbocycles. The molecule has 0 aromatic heterocycles. The highest BCUT2D eigenvalue weighted by atomic mass is 16.5. The van der Waals surface area contributed by atoms with Gasteiger partial charge < -0.3 is 14.2 Å². The van der Waals surface area contributed by atoms with E-state index in [-0.39, 0.29) is 18.1 Å². The lowest BCUT2D eigenvalue weighted by Crippen LogP contribution is -2.24. The Morgan fingerprint density at radius 2 is 1.53 bits per heavy atom. The molecule has 47 heavy (non-hydrogen) atoms. The van der Waals surface area contributed by atoms with Crippen molar-refractivity contribution >= 4 is 0 Å². The Kier molecular flexibility index (Phi) is 9.17. The van der Waals surface area contributed by atoms with Crippen molar-refractivity contribution in [1.82, 2.24) is 0 Å². The monoisotopic (exact) mass is 626 g/mol. The van der Waals surface area contributed by atoms with Crippen LogP contribution in [0.25, 0.3) is 22.3 Å². The maximum Gasteiger partial charge on any atom is 0.131 e. The zero-order valence-corrected chi connectivity index (χ0v) is 28.8. The maximum atomic E-state index is 6.94. The van der Waals surface area contributed by atoms with Gasteiger partial charge in [-0.25, -0.2) is 0 Å². The van der Waals surface area contributed by atoms with Crippen LogP contribution in [0.5, 0.6) is 17.2 Å². The summed E-state index contributed by atoms with van der Waals surface area (Å²) in [6.45, 7) is 9.19. The van der Waals surface area contributed by atoms with E-state index >= 15 is 0 Å². The fourth-order valence-electron chi connectivity index (χ4n) is 8.31. The predicted molar refractivity (Wildman–Crippen MR) is 194 cm³/mol. The van der Waals surface area contributed by atoms with Gasteiger partial charge in [-0.15, -0.1) is 0 Å². The number of allylic oxidation sites excluding steroid dienone is 2. The molecule has 0 spiro atoms. The summed E-state index contributed by atoms with van der Waals surface area (Å²) in [5.41, 5.74) is 10.1. The number of benzene rings is 4. The fraction of sp³-hybridized carbons (Fsp3) is 0.409. The minimum atomic E-state index is 0.0851. The van der Waals surface area contributed by atoms with E-state index < -0.39 is 0 Å². The summed E-state index contributed by atoms with van der Waals surface area (Å²) in [6, 6.07) is 29.2. The molecule has 1 aliphatic carbocycles. The van der Waals surface area contributed by atoms with Gasteiger partial charge in [-0.1, -0.05) is 112 Å². The summed E-state index contributed by atoms with van der Waals surface area (Å²) in [4.78, 5) is 0. The number of hydrogen-bond donors (Lipinski definition) is 0. The normalized spacial score (nSPS) is 24.4. The van der Waals surface area contributed by atoms with Crippen LogP contribution in [0.2, 0.25) is 0 Å². The highest BCUT2D eigenvalue weighted by Crippen LogP contribution is 2.51. The van der Waals surface area contributed by atoms with Gasteiger partial charge in [-0.2, -0.15) is 0 Å². The smallest absolute Gasteiger partial charge is 0.131 e. The second-order valence-corrected chi connectivity index (χ2v) is 14.2. The van der Waals surface area contributed by atoms with Crippen LogP contribution in [-0.2, 0) is 6.42 Å². The Morgan fingerprint density at radius 1 is 0.787 bits per heavy atom. The summed E-state index contributed by atoms with van der Waals surface area (Å²) < 4.78 is 19.4. The molecule has 244 valence electrons. The minimum absolute atomic E-state index is 0.0851. The van der Waals surface area contributed by atoms with Crippen molar-refractivity contribution in [3.05, 3.63) is 113 Å². The topological polar surface area (TPSA) is 27.7 Å². The lowest BCUT2D eigenvalue weighted by atomic mass is 9.80. The summed E-state index contributed by atoms with van der Waals surface area (Å²) in [5, 5.41) is 0. The summed E-state index contributed by atoms with van der Waals surface area (Å²) in [6.07, 6.45) is 12.9. The number of ether oxygens (including phenoxy) is 3. The van der Waals surface area contributed by atoms with E-state index in [0.29, 0.717) is 17.8 Å². The van der Waals surface area contributed by atoms with Crippen molar-refractivity contribution in [1.29, 1.82) is 0 Å². The molecule has 6 atom stereocenters. The molecule has 0 radical (unpaired) electrons. The molecule has 0 saturated heterocycles. The molecule has 2 heterocycles. The molecular weight excluding hydrogens is 576 g/mol. The van der Waals surface area contributed by atoms with Crippen LogP contribution < -0.4 is 14.2 Å². The third-order valence-corrected chi connectivity index (χ3v) is 11.1. The summed E-state index contributed by atoms with van der Waals surface area (Å²) in [5.74, 6) is 4.77. The molecule has 3 aliphatic rings. The third-order valence-electron chi connectivity index (χ3n) is 11.1. The van der Waals surface area contributed by atoms with E-state index in [1.165, 1.54) is 76.6 Å². The first-order chi connectivity index (χ1) is 23.0. The van der Waals surface area contributed by atoms with E-state index in [1.807, 2.05) is 0 Å². The number of rotatable bonds is 10. The van der Waals surface area contributed by atoms with E-state index in [0.717, 1.165) is 30.1 Å². The molecular formula is C44H50O3. The van der Waals surface area contributed by atoms with Crippen LogP contribution >= 0.6 is 0 Å². The van der Waals surface area contributed by atoms with E-state index in [2.05, 4.69) is 119 Å². The van der Waals surface area contributed by atoms with Gasteiger partial charge in [0.1, 0.15) is 29.5 Å². The van der Waals surface area contributed by atoms with Crippen LogP contribution in [0.1, 0.15) is 106 Å². The van der Waals surface area contributed by atoms with E-state index in [1.54, 1.807) is 7.11 Å². The fourth-order valence-corrected chi connectivity index (χ4v) is 8.31. The second kappa shape index (κ2) is 13.6. The third kappa shape index (κ3) is 6.10. The van der Waals surface area contributed by atoms with Gasteiger partial charge in [0.2, 0.25) is 0 Å². The number of methoxy groups -OCH3 is 1. The molecule has 0 bridgehead atoms. The standard InChI is InChI=1S/C44H50O3/c1-6-7-8-15-34-26-33(23-24-41(34)45-5)38-20-12-19-36-29(3)42(47-43(36)38)27-40-30(4)46-44-37(21-13-22-39(40)44)32-17-11-16-31(25-32)35-18-10-9-14-28(35)2/h10-13,16-26,28-30,35,40,42H,6-9,14-15,27H2,1-5H3/t28?,29?,30?,35?,40?,42-/m1/s1. The maximum absolute atomic E-state index is 6.94. The number of unbranched alkanes of at least 4 members (excludes halogenated alkanes) is 2. The quantitative estimate of drug-likeness (QED) is 0.129. The van der Waals surface area contributed by atoms with Crippen LogP contribution in [-0.4, -0.2) is 19.3 Å². The lowest BCUT2D eigenvalue weighted by Gasteiger charge is -2.25. The SMILES string of the molecule is CCCCCc1cc(-c2cccc3c2O[C@H](CC2c4cccc(-c5cccc(C6C=CCCC6C)c5)c4OC2C)C3C)ccc1OC. The summed E-state index contributed by atoms with van der Waals surface area (Å²) >= 11 is 0. The Labute approximate surface area is 282 Å². The number of fused-ring (bicyclic) bond motifs is 2. The lowest BCUT2D eigenvalue weighted by molar-refractivity contribution is 0.155. The predicted octanol–water partition coefficient (Wildman–Crippen LogP) is 11.7. The van der Waals surface area contributed by atoms with Crippen molar-refractivity contribution in [2.75, 3.05) is 7.11 Å². The molecule has 7 rings (SSSR count). The Balaban J connectivity index is 1.14. The van der Waals surface area contributed by atoms with E-state index in [4.69, 9.17) is 14.2 Å². The first-order valence-corrected chi connectivity index (χ1v) is 18.0. The van der Waals surface area contributed by atoms with Crippen molar-refractivity contribution in [3.8, 4) is 39.5 Å². The average Bonchev–Trinajstić information content (AvgIpc) is 3.60. The van der Waals surface area contributed by atoms with Gasteiger partial charge in [-0.05, 0) is 79.3 Å². The Morgan fingerprint density at radius 3 is 2.30 bits per heavy atom. The molecule has 0 N–H and O–H groups in total. The van der Waals surface area contributed by atoms with Gasteiger partial charge in [0.05, 0.1) is 7.11 Å². The summed E-state index contributed by atoms with van der Waals surface area (Å²) in [7, 11) is 1.77. The van der Waals surface area contributed by atoms with Crippen molar-refractivity contribution < 1.29 is 14.2 Å². The highest BCUT2D eigenvalue weighted by Gasteiger charge is 2.40. The van der Waals surface area contributed by atoms with Gasteiger partial charge in [0.15, 0.2) is 0 Å². The van der Waals surface area contributed by atoms with Crippen LogP contribution in [0, 0.1) is 5.92 Å². The van der Waals surface area contributed by atoms with Crippen molar-refractivity contribution in [2.24, 2.45) is 5.92 Å². The first kappa shape index (κ1) is 31.6. The number of hydrogen-bond acceptors (Lipinski definition) is 3. The Bertz CT molecular complexity index is 1750. The number of aryl methyl sites for hydroxylation is 1. The molecule has 5 unspecified atom stereocenters.